The molecule has 3 N–H and O–H groups in total. The average molecular weight is 269 g/mol. The van der Waals surface area contributed by atoms with E-state index in [0.717, 1.165) is 6.54 Å². The number of hydrogen-bond donors (Lipinski definition) is 2. The average Bonchev–Trinajstić information content (AvgIpc) is 2.37. The first-order valence-electron chi connectivity index (χ1n) is 6.24. The third kappa shape index (κ3) is 3.90. The second-order valence-electron chi connectivity index (χ2n) is 4.17. The Labute approximate surface area is 111 Å². The first-order valence-corrected chi connectivity index (χ1v) is 7.39. The summed E-state index contributed by atoms with van der Waals surface area (Å²) < 4.78 is 5.23. The zero-order valence-electron chi connectivity index (χ0n) is 10.6. The molecular weight excluding hydrogens is 250 g/mol. The standard InChI is InChI=1S/C11H19N5OS/c1-2-17-11-15-9(12)14-10(16-11)13-7-8-3-5-18-6-4-8/h8H,2-7H2,1H3,(H3,12,13,14,15,16). The Morgan fingerprint density at radius 2 is 2.11 bits per heavy atom. The molecule has 6 nitrogen and oxygen atoms in total. The van der Waals surface area contributed by atoms with E-state index in [0.29, 0.717) is 18.5 Å². The quantitative estimate of drug-likeness (QED) is 0.835. The molecule has 18 heavy (non-hydrogen) atoms. The van der Waals surface area contributed by atoms with Crippen molar-refractivity contribution in [2.75, 3.05) is 35.7 Å². The lowest BCUT2D eigenvalue weighted by molar-refractivity contribution is 0.312. The van der Waals surface area contributed by atoms with Gasteiger partial charge in [-0.15, -0.1) is 0 Å². The van der Waals surface area contributed by atoms with Crippen LogP contribution in [-0.2, 0) is 0 Å². The third-order valence-electron chi connectivity index (χ3n) is 2.80. The summed E-state index contributed by atoms with van der Waals surface area (Å²) in [6.45, 7) is 3.28. The van der Waals surface area contributed by atoms with Gasteiger partial charge in [-0.2, -0.15) is 26.7 Å². The minimum atomic E-state index is 0.190. The highest BCUT2D eigenvalue weighted by molar-refractivity contribution is 7.99. The van der Waals surface area contributed by atoms with Gasteiger partial charge in [0.05, 0.1) is 6.61 Å². The van der Waals surface area contributed by atoms with E-state index in [4.69, 9.17) is 10.5 Å². The highest BCUT2D eigenvalue weighted by Crippen LogP contribution is 2.22. The summed E-state index contributed by atoms with van der Waals surface area (Å²) in [6, 6.07) is 0.284. The van der Waals surface area contributed by atoms with E-state index in [9.17, 15) is 0 Å². The fourth-order valence-corrected chi connectivity index (χ4v) is 3.04. The van der Waals surface area contributed by atoms with Gasteiger partial charge in [0.2, 0.25) is 11.9 Å². The molecule has 1 aliphatic heterocycles. The Morgan fingerprint density at radius 3 is 2.83 bits per heavy atom. The molecule has 1 saturated heterocycles. The minimum absolute atomic E-state index is 0.190. The molecule has 1 aliphatic rings. The topological polar surface area (TPSA) is 86.0 Å². The Bertz CT molecular complexity index is 384. The van der Waals surface area contributed by atoms with E-state index in [1.54, 1.807) is 0 Å². The van der Waals surface area contributed by atoms with Gasteiger partial charge in [0.15, 0.2) is 0 Å². The minimum Gasteiger partial charge on any atom is -0.464 e. The van der Waals surface area contributed by atoms with Crippen LogP contribution in [-0.4, -0.2) is 39.6 Å². The van der Waals surface area contributed by atoms with Crippen LogP contribution in [0.4, 0.5) is 11.9 Å². The van der Waals surface area contributed by atoms with E-state index in [1.807, 2.05) is 18.7 Å². The van der Waals surface area contributed by atoms with E-state index in [-0.39, 0.29) is 12.0 Å². The number of aromatic nitrogens is 3. The Morgan fingerprint density at radius 1 is 1.33 bits per heavy atom. The molecule has 1 aromatic rings. The van der Waals surface area contributed by atoms with Crippen molar-refractivity contribution in [2.24, 2.45) is 5.92 Å². The number of rotatable bonds is 5. The highest BCUT2D eigenvalue weighted by atomic mass is 32.2. The van der Waals surface area contributed by atoms with Gasteiger partial charge in [-0.05, 0) is 37.2 Å². The molecule has 0 saturated carbocycles. The van der Waals surface area contributed by atoms with Crippen molar-refractivity contribution in [3.8, 4) is 6.01 Å². The van der Waals surface area contributed by atoms with Gasteiger partial charge in [0.1, 0.15) is 0 Å². The zero-order chi connectivity index (χ0) is 12.8. The molecule has 0 bridgehead atoms. The first-order chi connectivity index (χ1) is 8.78. The number of nitrogens with one attached hydrogen (secondary N) is 1. The highest BCUT2D eigenvalue weighted by Gasteiger charge is 2.14. The molecule has 0 spiro atoms. The Hall–Kier alpha value is -1.24. The van der Waals surface area contributed by atoms with E-state index >= 15 is 0 Å². The maximum Gasteiger partial charge on any atom is 0.323 e. The predicted octanol–water partition coefficient (Wildman–Crippen LogP) is 1.41. The van der Waals surface area contributed by atoms with Crippen LogP contribution in [0.3, 0.4) is 0 Å². The van der Waals surface area contributed by atoms with Crippen LogP contribution in [0.2, 0.25) is 0 Å². The molecule has 1 fully saturated rings. The van der Waals surface area contributed by atoms with E-state index in [2.05, 4.69) is 20.3 Å². The van der Waals surface area contributed by atoms with Crippen LogP contribution in [0, 0.1) is 5.92 Å². The Kier molecular flexibility index (Phi) is 4.86. The fraction of sp³-hybridized carbons (Fsp3) is 0.727. The van der Waals surface area contributed by atoms with Gasteiger partial charge < -0.3 is 15.8 Å². The largest absolute Gasteiger partial charge is 0.464 e. The summed E-state index contributed by atoms with van der Waals surface area (Å²) in [7, 11) is 0. The second-order valence-corrected chi connectivity index (χ2v) is 5.39. The van der Waals surface area contributed by atoms with Crippen molar-refractivity contribution in [3.05, 3.63) is 0 Å². The number of anilines is 2. The molecule has 0 amide bonds. The van der Waals surface area contributed by atoms with Crippen LogP contribution in [0.15, 0.2) is 0 Å². The van der Waals surface area contributed by atoms with E-state index in [1.165, 1.54) is 24.3 Å². The monoisotopic (exact) mass is 269 g/mol. The zero-order valence-corrected chi connectivity index (χ0v) is 11.4. The second kappa shape index (κ2) is 6.63. The molecule has 2 rings (SSSR count). The molecule has 0 radical (unpaired) electrons. The molecule has 0 aromatic carbocycles. The van der Waals surface area contributed by atoms with Gasteiger partial charge in [0.25, 0.3) is 0 Å². The number of hydrogen-bond acceptors (Lipinski definition) is 7. The summed E-state index contributed by atoms with van der Waals surface area (Å²) >= 11 is 2.02. The smallest absolute Gasteiger partial charge is 0.323 e. The van der Waals surface area contributed by atoms with Crippen molar-refractivity contribution in [2.45, 2.75) is 19.8 Å². The molecule has 0 atom stereocenters. The fourth-order valence-electron chi connectivity index (χ4n) is 1.83. The summed E-state index contributed by atoms with van der Waals surface area (Å²) in [6.07, 6.45) is 2.49. The van der Waals surface area contributed by atoms with Crippen molar-refractivity contribution in [1.29, 1.82) is 0 Å². The predicted molar refractivity (Wildman–Crippen MR) is 73.9 cm³/mol. The molecule has 0 aliphatic carbocycles. The maximum absolute atomic E-state index is 5.61. The van der Waals surface area contributed by atoms with Crippen molar-refractivity contribution in [3.63, 3.8) is 0 Å². The number of nitrogens with zero attached hydrogens (tertiary/aromatic N) is 3. The lowest BCUT2D eigenvalue weighted by Crippen LogP contribution is -2.20. The van der Waals surface area contributed by atoms with Crippen molar-refractivity contribution < 1.29 is 4.74 Å². The van der Waals surface area contributed by atoms with Crippen LogP contribution in [0.5, 0.6) is 6.01 Å². The summed E-state index contributed by atoms with van der Waals surface area (Å²) in [5.74, 6) is 3.88. The number of nitrogen functional groups attached to an aromatic ring is 1. The van der Waals surface area contributed by atoms with Gasteiger partial charge in [0, 0.05) is 6.54 Å². The summed E-state index contributed by atoms with van der Waals surface area (Å²) in [4.78, 5) is 12.1. The molecule has 2 heterocycles. The van der Waals surface area contributed by atoms with E-state index < -0.39 is 0 Å². The van der Waals surface area contributed by atoms with Crippen molar-refractivity contribution in [1.82, 2.24) is 15.0 Å². The third-order valence-corrected chi connectivity index (χ3v) is 3.84. The molecule has 7 heteroatoms. The first kappa shape index (κ1) is 13.2. The number of thioether (sulfide) groups is 1. The molecule has 100 valence electrons. The van der Waals surface area contributed by atoms with Crippen LogP contribution in [0.25, 0.3) is 0 Å². The Balaban J connectivity index is 1.91. The lowest BCUT2D eigenvalue weighted by Gasteiger charge is -2.21. The number of ether oxygens (including phenoxy) is 1. The van der Waals surface area contributed by atoms with Gasteiger partial charge in [-0.3, -0.25) is 0 Å². The number of nitrogens with two attached hydrogens (primary N) is 1. The van der Waals surface area contributed by atoms with Crippen LogP contribution >= 0.6 is 11.8 Å². The normalized spacial score (nSPS) is 16.5. The van der Waals surface area contributed by atoms with Gasteiger partial charge >= 0.3 is 6.01 Å². The van der Waals surface area contributed by atoms with Gasteiger partial charge in [-0.1, -0.05) is 0 Å². The molecular formula is C11H19N5OS. The van der Waals surface area contributed by atoms with Crippen LogP contribution < -0.4 is 15.8 Å². The van der Waals surface area contributed by atoms with Crippen molar-refractivity contribution >= 4 is 23.7 Å². The van der Waals surface area contributed by atoms with Gasteiger partial charge in [-0.25, -0.2) is 0 Å². The lowest BCUT2D eigenvalue weighted by atomic mass is 10.0. The maximum atomic E-state index is 5.61. The summed E-state index contributed by atoms with van der Waals surface area (Å²) in [5, 5.41) is 3.22. The molecule has 1 aromatic heterocycles. The summed E-state index contributed by atoms with van der Waals surface area (Å²) in [5.41, 5.74) is 5.61. The molecule has 0 unspecified atom stereocenters. The SMILES string of the molecule is CCOc1nc(N)nc(NCC2CCSCC2)n1. The van der Waals surface area contributed by atoms with Crippen LogP contribution in [0.1, 0.15) is 19.8 Å².